The van der Waals surface area contributed by atoms with Crippen molar-refractivity contribution >= 4 is 20.1 Å². The predicted octanol–water partition coefficient (Wildman–Crippen LogP) is -1.64. The van der Waals surface area contributed by atoms with Crippen LogP contribution < -0.4 is 29.6 Å². The first-order valence-electron chi connectivity index (χ1n) is 6.87. The van der Waals surface area contributed by atoms with Crippen LogP contribution in [0.25, 0.3) is 0 Å². The Kier molecular flexibility index (Phi) is 10.5. The second-order valence-electron chi connectivity index (χ2n) is 5.40. The molecule has 1 atom stereocenters. The third kappa shape index (κ3) is 6.56. The van der Waals surface area contributed by atoms with E-state index in [1.807, 2.05) is 0 Å². The molecule has 0 spiro atoms. The van der Waals surface area contributed by atoms with Gasteiger partial charge in [0.15, 0.2) is 0 Å². The Labute approximate surface area is 181 Å². The average Bonchev–Trinajstić information content (AvgIpc) is 2.42. The standard InChI is InChI=1S/C10H14F9NO6S2.Na/c1-2-3-20(4-6(21)5-27(22,23)24)28(25,26)10(18,19)8(13,14)7(11,12)9(15,16)17;/h6,21H,2-5H2,1H3,(H,22,23,24);/q;+1/p-1. The van der Waals surface area contributed by atoms with Crippen LogP contribution in [0.5, 0.6) is 0 Å². The van der Waals surface area contributed by atoms with Crippen molar-refractivity contribution in [2.45, 2.75) is 42.7 Å². The van der Waals surface area contributed by atoms with Gasteiger partial charge in [0.1, 0.15) is 0 Å². The first kappa shape index (κ1) is 31.3. The summed E-state index contributed by atoms with van der Waals surface area (Å²) < 4.78 is 170. The monoisotopic (exact) mass is 501 g/mol. The fourth-order valence-corrected chi connectivity index (χ4v) is 3.91. The van der Waals surface area contributed by atoms with Crippen molar-refractivity contribution in [3.63, 3.8) is 0 Å². The second kappa shape index (κ2) is 9.74. The van der Waals surface area contributed by atoms with E-state index in [1.165, 1.54) is 0 Å². The van der Waals surface area contributed by atoms with Crippen LogP contribution in [-0.4, -0.2) is 79.0 Å². The van der Waals surface area contributed by atoms with Crippen LogP contribution in [0.2, 0.25) is 0 Å². The van der Waals surface area contributed by atoms with E-state index in [4.69, 9.17) is 0 Å². The van der Waals surface area contributed by atoms with Gasteiger partial charge in [-0.1, -0.05) is 6.92 Å². The minimum absolute atomic E-state index is 0. The van der Waals surface area contributed by atoms with Gasteiger partial charge in [-0.3, -0.25) is 0 Å². The summed E-state index contributed by atoms with van der Waals surface area (Å²) >= 11 is 0. The molecule has 19 heteroatoms. The molecule has 0 aliphatic heterocycles. The third-order valence-electron chi connectivity index (χ3n) is 3.06. The number of hydrogen-bond acceptors (Lipinski definition) is 6. The Hall–Kier alpha value is 0.150. The minimum atomic E-state index is -7.47. The Bertz CT molecular complexity index is 756. The largest absolute Gasteiger partial charge is 1.00 e. The number of nitrogens with zero attached hydrogens (tertiary/aromatic N) is 1. The van der Waals surface area contributed by atoms with E-state index in [9.17, 15) is 66.0 Å². The minimum Gasteiger partial charge on any atom is -0.748 e. The molecule has 0 rings (SSSR count). The predicted molar refractivity (Wildman–Crippen MR) is 72.3 cm³/mol. The second-order valence-corrected chi connectivity index (χ2v) is 8.83. The van der Waals surface area contributed by atoms with E-state index in [0.717, 1.165) is 6.92 Å². The Morgan fingerprint density at radius 3 is 1.66 bits per heavy atom. The Morgan fingerprint density at radius 2 is 1.34 bits per heavy atom. The van der Waals surface area contributed by atoms with Gasteiger partial charge in [-0.2, -0.15) is 43.8 Å². The maximum absolute atomic E-state index is 13.7. The molecular formula is C10H13F9NNaO6S2. The third-order valence-corrected chi connectivity index (χ3v) is 5.77. The van der Waals surface area contributed by atoms with E-state index in [2.05, 4.69) is 0 Å². The van der Waals surface area contributed by atoms with Crippen molar-refractivity contribution in [1.82, 2.24) is 4.31 Å². The fraction of sp³-hybridized carbons (Fsp3) is 1.00. The van der Waals surface area contributed by atoms with Gasteiger partial charge in [0.05, 0.1) is 22.0 Å². The normalized spacial score (nSPS) is 15.9. The molecule has 170 valence electrons. The molecule has 29 heavy (non-hydrogen) atoms. The van der Waals surface area contributed by atoms with E-state index < -0.39 is 79.1 Å². The molecule has 0 saturated carbocycles. The maximum atomic E-state index is 13.7. The average molecular weight is 501 g/mol. The number of halogens is 9. The van der Waals surface area contributed by atoms with Gasteiger partial charge in [-0.05, 0) is 6.42 Å². The van der Waals surface area contributed by atoms with Gasteiger partial charge < -0.3 is 9.66 Å². The summed E-state index contributed by atoms with van der Waals surface area (Å²) in [7, 11) is -12.3. The van der Waals surface area contributed by atoms with Crippen LogP contribution in [0, 0.1) is 0 Å². The Balaban J connectivity index is 0. The van der Waals surface area contributed by atoms with Gasteiger partial charge in [-0.15, -0.1) is 0 Å². The molecule has 0 aliphatic carbocycles. The van der Waals surface area contributed by atoms with Crippen LogP contribution in [0.3, 0.4) is 0 Å². The number of sulfonamides is 1. The smallest absolute Gasteiger partial charge is 0.748 e. The SMILES string of the molecule is CCCN(CC(O)CS(=O)(=O)[O-])S(=O)(=O)C(F)(F)C(F)(F)C(F)(F)C(F)(F)F.[Na+]. The summed E-state index contributed by atoms with van der Waals surface area (Å²) in [4.78, 5) is 0. The van der Waals surface area contributed by atoms with Crippen LogP contribution >= 0.6 is 0 Å². The molecule has 1 unspecified atom stereocenters. The summed E-state index contributed by atoms with van der Waals surface area (Å²) in [5, 5.41) is 2.23. The molecule has 0 aromatic carbocycles. The van der Waals surface area contributed by atoms with Gasteiger partial charge in [-0.25, -0.2) is 16.8 Å². The molecule has 0 saturated heterocycles. The van der Waals surface area contributed by atoms with Crippen LogP contribution in [0.15, 0.2) is 0 Å². The molecule has 0 aromatic rings. The number of aliphatic hydroxyl groups is 1. The topological polar surface area (TPSA) is 115 Å². The van der Waals surface area contributed by atoms with E-state index in [-0.39, 0.29) is 29.6 Å². The zero-order chi connectivity index (χ0) is 23.0. The summed E-state index contributed by atoms with van der Waals surface area (Å²) in [6.45, 7) is -1.93. The van der Waals surface area contributed by atoms with Crippen molar-refractivity contribution in [3.05, 3.63) is 0 Å². The molecule has 0 fully saturated rings. The molecule has 7 nitrogen and oxygen atoms in total. The molecule has 0 aliphatic rings. The fourth-order valence-electron chi connectivity index (χ4n) is 1.77. The van der Waals surface area contributed by atoms with Crippen molar-refractivity contribution in [1.29, 1.82) is 0 Å². The molecule has 0 aromatic heterocycles. The van der Waals surface area contributed by atoms with E-state index in [1.54, 1.807) is 0 Å². The molecular weight excluding hydrogens is 488 g/mol. The van der Waals surface area contributed by atoms with Gasteiger partial charge >= 0.3 is 52.8 Å². The van der Waals surface area contributed by atoms with E-state index >= 15 is 0 Å². The quantitative estimate of drug-likeness (QED) is 0.218. The van der Waals surface area contributed by atoms with Crippen LogP contribution in [0.1, 0.15) is 13.3 Å². The summed E-state index contributed by atoms with van der Waals surface area (Å²) in [5.41, 5.74) is 0. The number of alkyl halides is 9. The van der Waals surface area contributed by atoms with Gasteiger partial charge in [0, 0.05) is 13.1 Å². The zero-order valence-electron chi connectivity index (χ0n) is 14.6. The molecule has 1 N–H and O–H groups in total. The summed E-state index contributed by atoms with van der Waals surface area (Å²) in [5.74, 6) is -16.7. The van der Waals surface area contributed by atoms with E-state index in [0.29, 0.717) is 0 Å². The first-order valence-corrected chi connectivity index (χ1v) is 9.89. The van der Waals surface area contributed by atoms with Crippen molar-refractivity contribution in [2.24, 2.45) is 0 Å². The zero-order valence-corrected chi connectivity index (χ0v) is 18.2. The van der Waals surface area contributed by atoms with Gasteiger partial charge in [0.25, 0.3) is 10.0 Å². The van der Waals surface area contributed by atoms with Crippen LogP contribution in [-0.2, 0) is 20.1 Å². The maximum Gasteiger partial charge on any atom is 1.00 e. The summed E-state index contributed by atoms with van der Waals surface area (Å²) in [6, 6.07) is 0. The molecule has 0 heterocycles. The molecule has 0 radical (unpaired) electrons. The van der Waals surface area contributed by atoms with Crippen molar-refractivity contribution < 1.29 is 95.6 Å². The van der Waals surface area contributed by atoms with Crippen molar-refractivity contribution in [3.8, 4) is 0 Å². The molecule has 0 amide bonds. The molecule has 0 bridgehead atoms. The van der Waals surface area contributed by atoms with Crippen LogP contribution in [0.4, 0.5) is 39.5 Å². The van der Waals surface area contributed by atoms with Crippen molar-refractivity contribution in [2.75, 3.05) is 18.8 Å². The first-order chi connectivity index (χ1) is 12.1. The number of rotatable bonds is 10. The summed E-state index contributed by atoms with van der Waals surface area (Å²) in [6.07, 6.45) is -10.3. The number of aliphatic hydroxyl groups excluding tert-OH is 1. The Morgan fingerprint density at radius 1 is 0.931 bits per heavy atom. The number of hydrogen-bond donors (Lipinski definition) is 1. The van der Waals surface area contributed by atoms with Gasteiger partial charge in [0.2, 0.25) is 0 Å².